The van der Waals surface area contributed by atoms with Gasteiger partial charge in [0.1, 0.15) is 5.60 Å². The molecule has 0 amide bonds. The zero-order valence-electron chi connectivity index (χ0n) is 11.9. The third-order valence-electron chi connectivity index (χ3n) is 3.08. The average molecular weight is 246 g/mol. The number of esters is 1. The van der Waals surface area contributed by atoms with E-state index in [1.54, 1.807) is 20.8 Å². The lowest BCUT2D eigenvalue weighted by molar-refractivity contribution is -0.159. The summed E-state index contributed by atoms with van der Waals surface area (Å²) in [4.78, 5) is 11.7. The van der Waals surface area contributed by atoms with Crippen molar-refractivity contribution in [3.8, 4) is 0 Å². The standard InChI is InChI=1S/C12H26O3Si/c1-9-14-10(13)12(5,6)15-16(7,8)11(2,3)4/h9H2,1-8H3. The van der Waals surface area contributed by atoms with Crippen LogP contribution in [0.25, 0.3) is 0 Å². The number of hydrogen-bond donors (Lipinski definition) is 0. The van der Waals surface area contributed by atoms with Gasteiger partial charge < -0.3 is 9.16 Å². The molecule has 0 aromatic rings. The Kier molecular flexibility index (Phi) is 4.77. The van der Waals surface area contributed by atoms with Gasteiger partial charge in [-0.05, 0) is 38.9 Å². The number of carbonyl (C=O) groups is 1. The number of carbonyl (C=O) groups excluding carboxylic acids is 1. The second-order valence-electron chi connectivity index (χ2n) is 6.09. The van der Waals surface area contributed by atoms with Crippen LogP contribution in [0.5, 0.6) is 0 Å². The Hall–Kier alpha value is -0.353. The van der Waals surface area contributed by atoms with Crippen molar-refractivity contribution >= 4 is 14.3 Å². The van der Waals surface area contributed by atoms with Gasteiger partial charge in [-0.25, -0.2) is 4.79 Å². The van der Waals surface area contributed by atoms with Gasteiger partial charge in [0.2, 0.25) is 0 Å². The highest BCUT2D eigenvalue weighted by molar-refractivity contribution is 6.74. The summed E-state index contributed by atoms with van der Waals surface area (Å²) in [5.74, 6) is -0.278. The Morgan fingerprint density at radius 3 is 1.88 bits per heavy atom. The summed E-state index contributed by atoms with van der Waals surface area (Å²) in [6, 6.07) is 0. The van der Waals surface area contributed by atoms with Crippen LogP contribution in [-0.4, -0.2) is 26.5 Å². The molecule has 0 heterocycles. The molecular formula is C12H26O3Si. The van der Waals surface area contributed by atoms with Gasteiger partial charge >= 0.3 is 5.97 Å². The molecule has 0 bridgehead atoms. The lowest BCUT2D eigenvalue weighted by atomic mass is 10.1. The first kappa shape index (κ1) is 15.6. The van der Waals surface area contributed by atoms with Crippen molar-refractivity contribution in [1.29, 1.82) is 0 Å². The highest BCUT2D eigenvalue weighted by atomic mass is 28.4. The Morgan fingerprint density at radius 1 is 1.12 bits per heavy atom. The fourth-order valence-corrected chi connectivity index (χ4v) is 2.80. The predicted octanol–water partition coefficient (Wildman–Crippen LogP) is 3.35. The Labute approximate surface area is 101 Å². The minimum Gasteiger partial charge on any atom is -0.464 e. The molecule has 3 nitrogen and oxygen atoms in total. The molecule has 0 atom stereocenters. The maximum absolute atomic E-state index is 11.7. The van der Waals surface area contributed by atoms with Crippen molar-refractivity contribution < 1.29 is 14.0 Å². The SMILES string of the molecule is CCOC(=O)C(C)(C)O[Si](C)(C)C(C)(C)C. The third kappa shape index (κ3) is 3.90. The van der Waals surface area contributed by atoms with Crippen molar-refractivity contribution in [3.63, 3.8) is 0 Å². The van der Waals surface area contributed by atoms with E-state index < -0.39 is 13.9 Å². The fraction of sp³-hybridized carbons (Fsp3) is 0.917. The molecule has 0 spiro atoms. The molecular weight excluding hydrogens is 220 g/mol. The van der Waals surface area contributed by atoms with Crippen molar-refractivity contribution in [2.45, 2.75) is 65.3 Å². The molecule has 0 radical (unpaired) electrons. The topological polar surface area (TPSA) is 35.5 Å². The lowest BCUT2D eigenvalue weighted by Gasteiger charge is -2.41. The van der Waals surface area contributed by atoms with Crippen molar-refractivity contribution in [3.05, 3.63) is 0 Å². The van der Waals surface area contributed by atoms with Crippen LogP contribution in [0.4, 0.5) is 0 Å². The summed E-state index contributed by atoms with van der Waals surface area (Å²) in [5, 5.41) is 0.0940. The summed E-state index contributed by atoms with van der Waals surface area (Å²) in [6.07, 6.45) is 0. The van der Waals surface area contributed by atoms with Crippen molar-refractivity contribution in [2.24, 2.45) is 0 Å². The molecule has 16 heavy (non-hydrogen) atoms. The van der Waals surface area contributed by atoms with Crippen LogP contribution in [-0.2, 0) is 14.0 Å². The molecule has 96 valence electrons. The summed E-state index contributed by atoms with van der Waals surface area (Å²) in [6.45, 7) is 16.5. The van der Waals surface area contributed by atoms with Crippen LogP contribution in [0.15, 0.2) is 0 Å². The number of ether oxygens (including phenoxy) is 1. The van der Waals surface area contributed by atoms with Crippen LogP contribution in [0, 0.1) is 0 Å². The van der Waals surface area contributed by atoms with Gasteiger partial charge in [-0.2, -0.15) is 0 Å². The monoisotopic (exact) mass is 246 g/mol. The van der Waals surface area contributed by atoms with E-state index in [2.05, 4.69) is 33.9 Å². The van der Waals surface area contributed by atoms with Crippen LogP contribution < -0.4 is 0 Å². The maximum Gasteiger partial charge on any atom is 0.336 e. The molecule has 0 aromatic heterocycles. The third-order valence-corrected chi connectivity index (χ3v) is 7.72. The van der Waals surface area contributed by atoms with Gasteiger partial charge in [-0.1, -0.05) is 20.8 Å². The van der Waals surface area contributed by atoms with Gasteiger partial charge in [0, 0.05) is 0 Å². The molecule has 0 aliphatic carbocycles. The molecule has 0 N–H and O–H groups in total. The Bertz CT molecular complexity index is 251. The molecule has 4 heteroatoms. The van der Waals surface area contributed by atoms with Gasteiger partial charge in [0.25, 0.3) is 0 Å². The summed E-state index contributed by atoms with van der Waals surface area (Å²) >= 11 is 0. The van der Waals surface area contributed by atoms with Gasteiger partial charge in [0.05, 0.1) is 6.61 Å². The molecule has 0 aliphatic heterocycles. The average Bonchev–Trinajstić information content (AvgIpc) is 2.00. The van der Waals surface area contributed by atoms with E-state index in [9.17, 15) is 4.79 Å². The molecule has 0 aromatic carbocycles. The quantitative estimate of drug-likeness (QED) is 0.563. The van der Waals surface area contributed by atoms with E-state index in [1.165, 1.54) is 0 Å². The summed E-state index contributed by atoms with van der Waals surface area (Å²) in [5.41, 5.74) is -0.848. The predicted molar refractivity (Wildman–Crippen MR) is 69.0 cm³/mol. The van der Waals surface area contributed by atoms with E-state index >= 15 is 0 Å². The number of rotatable bonds is 4. The van der Waals surface area contributed by atoms with Gasteiger partial charge in [0.15, 0.2) is 8.32 Å². The first-order chi connectivity index (χ1) is 6.94. The van der Waals surface area contributed by atoms with Gasteiger partial charge in [-0.15, -0.1) is 0 Å². The van der Waals surface area contributed by atoms with E-state index in [0.29, 0.717) is 6.61 Å². The summed E-state index contributed by atoms with van der Waals surface area (Å²) in [7, 11) is -1.93. The largest absolute Gasteiger partial charge is 0.464 e. The van der Waals surface area contributed by atoms with E-state index in [0.717, 1.165) is 0 Å². The number of hydrogen-bond acceptors (Lipinski definition) is 3. The molecule has 0 fully saturated rings. The smallest absolute Gasteiger partial charge is 0.336 e. The fourth-order valence-electron chi connectivity index (χ4n) is 1.14. The first-order valence-corrected chi connectivity index (χ1v) is 8.72. The molecule has 0 saturated heterocycles. The van der Waals surface area contributed by atoms with E-state index in [-0.39, 0.29) is 11.0 Å². The van der Waals surface area contributed by atoms with Crippen molar-refractivity contribution in [2.75, 3.05) is 6.61 Å². The minimum atomic E-state index is -1.93. The van der Waals surface area contributed by atoms with Crippen LogP contribution in [0.2, 0.25) is 18.1 Å². The van der Waals surface area contributed by atoms with Crippen LogP contribution in [0.3, 0.4) is 0 Å². The second kappa shape index (κ2) is 4.88. The Morgan fingerprint density at radius 2 is 1.56 bits per heavy atom. The molecule has 0 unspecified atom stereocenters. The Balaban J connectivity index is 4.77. The normalized spacial score (nSPS) is 13.8. The van der Waals surface area contributed by atoms with Gasteiger partial charge in [-0.3, -0.25) is 0 Å². The minimum absolute atomic E-state index is 0.0940. The highest BCUT2D eigenvalue weighted by Gasteiger charge is 2.44. The molecule has 0 rings (SSSR count). The van der Waals surface area contributed by atoms with Crippen LogP contribution >= 0.6 is 0 Å². The highest BCUT2D eigenvalue weighted by Crippen LogP contribution is 2.39. The second-order valence-corrected chi connectivity index (χ2v) is 10.8. The molecule has 0 aliphatic rings. The lowest BCUT2D eigenvalue weighted by Crippen LogP contribution is -2.51. The van der Waals surface area contributed by atoms with Crippen molar-refractivity contribution in [1.82, 2.24) is 0 Å². The zero-order valence-corrected chi connectivity index (χ0v) is 12.9. The molecule has 0 saturated carbocycles. The van der Waals surface area contributed by atoms with E-state index in [1.807, 2.05) is 0 Å². The zero-order chi connectivity index (χ0) is 13.2. The maximum atomic E-state index is 11.7. The first-order valence-electron chi connectivity index (χ1n) is 5.81. The summed E-state index contributed by atoms with van der Waals surface area (Å²) < 4.78 is 11.1. The van der Waals surface area contributed by atoms with Crippen LogP contribution in [0.1, 0.15) is 41.5 Å². The van der Waals surface area contributed by atoms with E-state index in [4.69, 9.17) is 9.16 Å².